The van der Waals surface area contributed by atoms with Crippen LogP contribution >= 0.6 is 47.8 Å². The van der Waals surface area contributed by atoms with Crippen LogP contribution in [0.4, 0.5) is 0 Å². The highest BCUT2D eigenvalue weighted by molar-refractivity contribution is 9.38. The monoisotopic (exact) mass is 268 g/mol. The molecule has 0 aromatic heterocycles. The molecular weight excluding hydrogens is 268 g/mol. The zero-order valence-corrected chi connectivity index (χ0v) is 6.97. The summed E-state index contributed by atoms with van der Waals surface area (Å²) in [5.41, 5.74) is 0. The molecule has 5 heavy (non-hydrogen) atoms. The predicted molar refractivity (Wildman–Crippen MR) is 34.2 cm³/mol. The number of hydrogen-bond acceptors (Lipinski definition) is 0. The van der Waals surface area contributed by atoms with Crippen LogP contribution in [0.2, 0.25) is 0 Å². The van der Waals surface area contributed by atoms with Crippen molar-refractivity contribution in [1.29, 1.82) is 0 Å². The molecule has 4 heteroatoms. The molecule has 2 N–H and O–H groups in total. The SMILES string of the molecule is BrC(Br)Br.O. The highest BCUT2D eigenvalue weighted by atomic mass is 80.0. The molecule has 0 saturated heterocycles. The summed E-state index contributed by atoms with van der Waals surface area (Å²) < 4.78 is 0.271. The first kappa shape index (κ1) is 9.64. The smallest absolute Gasteiger partial charge is 0.124 e. The van der Waals surface area contributed by atoms with Gasteiger partial charge in [0, 0.05) is 0 Å². The Morgan fingerprint density at radius 3 is 1.00 bits per heavy atom. The number of alkyl halides is 3. The Labute approximate surface area is 55.8 Å². The third-order valence-corrected chi connectivity index (χ3v) is 0. The summed E-state index contributed by atoms with van der Waals surface area (Å²) in [6.45, 7) is 0. The summed E-state index contributed by atoms with van der Waals surface area (Å²) in [6.07, 6.45) is 0. The first-order valence-electron chi connectivity index (χ1n) is 0.655. The van der Waals surface area contributed by atoms with E-state index in [1.165, 1.54) is 0 Å². The van der Waals surface area contributed by atoms with Crippen LogP contribution < -0.4 is 0 Å². The largest absolute Gasteiger partial charge is 0.412 e. The summed E-state index contributed by atoms with van der Waals surface area (Å²) in [5.74, 6) is 0. The molecule has 0 aliphatic heterocycles. The van der Waals surface area contributed by atoms with Gasteiger partial charge in [-0.05, 0) is 0 Å². The van der Waals surface area contributed by atoms with Crippen molar-refractivity contribution in [1.82, 2.24) is 0 Å². The molecule has 0 atom stereocenters. The molecule has 0 aromatic carbocycles. The van der Waals surface area contributed by atoms with Gasteiger partial charge < -0.3 is 5.48 Å². The third-order valence-electron chi connectivity index (χ3n) is 0. The Bertz CT molecular complexity index is 11.6. The van der Waals surface area contributed by atoms with Crippen LogP contribution in [0.15, 0.2) is 0 Å². The highest BCUT2D eigenvalue weighted by Gasteiger charge is 1.77. The van der Waals surface area contributed by atoms with Gasteiger partial charge in [0.15, 0.2) is 0 Å². The first-order valence-corrected chi connectivity index (χ1v) is 3.40. The van der Waals surface area contributed by atoms with Gasteiger partial charge in [-0.25, -0.2) is 0 Å². The fraction of sp³-hybridized carbons (Fsp3) is 1.00. The molecule has 0 aromatic rings. The second kappa shape index (κ2) is 5.40. The maximum Gasteiger partial charge on any atom is 0.124 e. The molecule has 0 heterocycles. The first-order chi connectivity index (χ1) is 1.73. The van der Waals surface area contributed by atoms with E-state index in [-0.39, 0.29) is 8.12 Å². The quantitative estimate of drug-likeness (QED) is 0.600. The van der Waals surface area contributed by atoms with Crippen LogP contribution in [0.25, 0.3) is 0 Å². The second-order valence-corrected chi connectivity index (χ2v) is 6.68. The number of halogens is 3. The lowest BCUT2D eigenvalue weighted by atomic mass is 12.0. The molecule has 0 bridgehead atoms. The summed E-state index contributed by atoms with van der Waals surface area (Å²) in [5, 5.41) is 0. The topological polar surface area (TPSA) is 31.5 Å². The van der Waals surface area contributed by atoms with Gasteiger partial charge >= 0.3 is 0 Å². The molecule has 34 valence electrons. The van der Waals surface area contributed by atoms with Crippen molar-refractivity contribution < 1.29 is 5.48 Å². The van der Waals surface area contributed by atoms with E-state index in [0.717, 1.165) is 0 Å². The van der Waals surface area contributed by atoms with Gasteiger partial charge in [0.25, 0.3) is 0 Å². The highest BCUT2D eigenvalue weighted by Crippen LogP contribution is 2.13. The van der Waals surface area contributed by atoms with E-state index in [9.17, 15) is 0 Å². The Morgan fingerprint density at radius 2 is 1.00 bits per heavy atom. The van der Waals surface area contributed by atoms with Crippen molar-refractivity contribution >= 4 is 47.8 Å². The van der Waals surface area contributed by atoms with E-state index in [2.05, 4.69) is 47.8 Å². The number of rotatable bonds is 0. The molecule has 0 aliphatic rings. The Morgan fingerprint density at radius 1 is 1.00 bits per heavy atom. The molecule has 0 fully saturated rings. The van der Waals surface area contributed by atoms with Gasteiger partial charge in [-0.3, -0.25) is 0 Å². The minimum Gasteiger partial charge on any atom is -0.412 e. The van der Waals surface area contributed by atoms with Crippen LogP contribution in [-0.4, -0.2) is 8.12 Å². The third kappa shape index (κ3) is 31.8. The summed E-state index contributed by atoms with van der Waals surface area (Å²) >= 11 is 9.31. The maximum absolute atomic E-state index is 3.10. The fourth-order valence-corrected chi connectivity index (χ4v) is 0. The van der Waals surface area contributed by atoms with Gasteiger partial charge in [-0.15, -0.1) is 0 Å². The van der Waals surface area contributed by atoms with Crippen molar-refractivity contribution in [3.63, 3.8) is 0 Å². The second-order valence-electron chi connectivity index (χ2n) is 0.247. The molecule has 0 rings (SSSR count). The van der Waals surface area contributed by atoms with Crippen LogP contribution in [0.3, 0.4) is 0 Å². The average molecular weight is 271 g/mol. The van der Waals surface area contributed by atoms with E-state index in [1.807, 2.05) is 0 Å². The molecular formula is CH3Br3O. The molecule has 0 unspecified atom stereocenters. The van der Waals surface area contributed by atoms with Gasteiger partial charge in [-0.1, -0.05) is 47.8 Å². The maximum atomic E-state index is 3.10. The Balaban J connectivity index is 0. The molecule has 0 aliphatic carbocycles. The van der Waals surface area contributed by atoms with E-state index in [4.69, 9.17) is 0 Å². The van der Waals surface area contributed by atoms with Crippen molar-refractivity contribution in [3.05, 3.63) is 0 Å². The lowest BCUT2D eigenvalue weighted by molar-refractivity contribution is 0.824. The van der Waals surface area contributed by atoms with Crippen molar-refractivity contribution in [3.8, 4) is 0 Å². The normalized spacial score (nSPS) is 7.20. The van der Waals surface area contributed by atoms with Crippen molar-refractivity contribution in [2.75, 3.05) is 0 Å². The predicted octanol–water partition coefficient (Wildman–Crippen LogP) is 1.63. The van der Waals surface area contributed by atoms with Crippen LogP contribution in [0.5, 0.6) is 0 Å². The zero-order valence-electron chi connectivity index (χ0n) is 2.21. The van der Waals surface area contributed by atoms with Crippen LogP contribution in [-0.2, 0) is 0 Å². The lowest BCUT2D eigenvalue weighted by Crippen LogP contribution is -1.49. The van der Waals surface area contributed by atoms with Crippen molar-refractivity contribution in [2.24, 2.45) is 0 Å². The molecule has 0 spiro atoms. The lowest BCUT2D eigenvalue weighted by Gasteiger charge is -1.70. The minimum atomic E-state index is 0. The van der Waals surface area contributed by atoms with Gasteiger partial charge in [0.2, 0.25) is 0 Å². The standard InChI is InChI=1S/CHBr3.H2O/c2-1(3)4;/h1H;1H2. The van der Waals surface area contributed by atoms with E-state index < -0.39 is 0 Å². The molecule has 0 saturated carbocycles. The summed E-state index contributed by atoms with van der Waals surface area (Å²) in [4.78, 5) is 0. The van der Waals surface area contributed by atoms with Crippen molar-refractivity contribution in [2.45, 2.75) is 2.65 Å². The Kier molecular flexibility index (Phi) is 10.4. The minimum absolute atomic E-state index is 0. The van der Waals surface area contributed by atoms with Crippen LogP contribution in [0, 0.1) is 0 Å². The van der Waals surface area contributed by atoms with Crippen LogP contribution in [0.1, 0.15) is 0 Å². The summed E-state index contributed by atoms with van der Waals surface area (Å²) in [7, 11) is 0. The number of hydrogen-bond donors (Lipinski definition) is 0. The van der Waals surface area contributed by atoms with Gasteiger partial charge in [0.1, 0.15) is 2.65 Å². The molecule has 0 amide bonds. The van der Waals surface area contributed by atoms with E-state index in [1.54, 1.807) is 0 Å². The van der Waals surface area contributed by atoms with E-state index >= 15 is 0 Å². The average Bonchev–Trinajstić information content (AvgIpc) is 0.811. The summed E-state index contributed by atoms with van der Waals surface area (Å²) in [6, 6.07) is 0. The van der Waals surface area contributed by atoms with Gasteiger partial charge in [0.05, 0.1) is 0 Å². The van der Waals surface area contributed by atoms with E-state index in [0.29, 0.717) is 0 Å². The Hall–Kier alpha value is 1.40. The molecule has 1 nitrogen and oxygen atoms in total. The zero-order chi connectivity index (χ0) is 3.58. The van der Waals surface area contributed by atoms with Gasteiger partial charge in [-0.2, -0.15) is 0 Å². The molecule has 0 radical (unpaired) electrons. The fourth-order valence-electron chi connectivity index (χ4n) is 0.